The summed E-state index contributed by atoms with van der Waals surface area (Å²) in [5.74, 6) is -0.274. The first-order chi connectivity index (χ1) is 9.54. The number of benzene rings is 1. The average Bonchev–Trinajstić information content (AvgIpc) is 2.39. The molecular weight excluding hydrogens is 297 g/mol. The van der Waals surface area contributed by atoms with Gasteiger partial charge in [-0.25, -0.2) is 9.97 Å². The van der Waals surface area contributed by atoms with E-state index in [4.69, 9.17) is 23.2 Å². The minimum absolute atomic E-state index is 0.0431. The van der Waals surface area contributed by atoms with E-state index in [-0.39, 0.29) is 22.8 Å². The molecule has 20 heavy (non-hydrogen) atoms. The third-order valence-electron chi connectivity index (χ3n) is 2.66. The van der Waals surface area contributed by atoms with Crippen LogP contribution in [0.15, 0.2) is 36.7 Å². The molecule has 0 aliphatic heterocycles. The minimum Gasteiger partial charge on any atom is -0.348 e. The van der Waals surface area contributed by atoms with Crippen molar-refractivity contribution in [1.82, 2.24) is 15.3 Å². The lowest BCUT2D eigenvalue weighted by molar-refractivity contribution is 0.0934. The molecule has 1 unspecified atom stereocenters. The molecule has 2 aromatic rings. The van der Waals surface area contributed by atoms with Crippen LogP contribution in [0.5, 0.6) is 0 Å². The molecule has 6 heteroatoms. The van der Waals surface area contributed by atoms with Crippen molar-refractivity contribution in [3.63, 3.8) is 0 Å². The Hall–Kier alpha value is -1.65. The highest BCUT2D eigenvalue weighted by Gasteiger charge is 2.12. The molecule has 1 heterocycles. The van der Waals surface area contributed by atoms with E-state index in [9.17, 15) is 4.79 Å². The van der Waals surface area contributed by atoms with Gasteiger partial charge in [-0.05, 0) is 31.0 Å². The molecule has 104 valence electrons. The molecule has 0 aliphatic carbocycles. The summed E-state index contributed by atoms with van der Waals surface area (Å²) in [6.07, 6.45) is 3.38. The first-order valence-electron chi connectivity index (χ1n) is 6.07. The zero-order chi connectivity index (χ0) is 14.5. The summed E-state index contributed by atoms with van der Waals surface area (Å²) in [7, 11) is 0. The largest absolute Gasteiger partial charge is 0.348 e. The molecule has 2 rings (SSSR count). The summed E-state index contributed by atoms with van der Waals surface area (Å²) >= 11 is 11.6. The maximum absolute atomic E-state index is 11.9. The standard InChI is InChI=1S/C14H13Cl2N3O/c1-9(5-10-3-2-4-11(15)6-10)19-14(20)12-7-18-13(16)8-17-12/h2-4,6-9H,5H2,1H3,(H,19,20). The van der Waals surface area contributed by atoms with Gasteiger partial charge in [0, 0.05) is 11.1 Å². The zero-order valence-electron chi connectivity index (χ0n) is 10.8. The average molecular weight is 310 g/mol. The van der Waals surface area contributed by atoms with E-state index in [0.717, 1.165) is 5.56 Å². The zero-order valence-corrected chi connectivity index (χ0v) is 12.3. The molecular formula is C14H13Cl2N3O. The van der Waals surface area contributed by atoms with Gasteiger partial charge in [0.1, 0.15) is 10.8 Å². The molecule has 1 aromatic carbocycles. The summed E-state index contributed by atoms with van der Waals surface area (Å²) in [5, 5.41) is 3.80. The van der Waals surface area contributed by atoms with Crippen LogP contribution in [0.3, 0.4) is 0 Å². The van der Waals surface area contributed by atoms with E-state index in [1.165, 1.54) is 12.4 Å². The molecule has 0 spiro atoms. The van der Waals surface area contributed by atoms with Gasteiger partial charge in [-0.15, -0.1) is 0 Å². The molecule has 1 aromatic heterocycles. The number of carbonyl (C=O) groups excluding carboxylic acids is 1. The van der Waals surface area contributed by atoms with E-state index in [1.807, 2.05) is 31.2 Å². The van der Waals surface area contributed by atoms with Gasteiger partial charge >= 0.3 is 0 Å². The van der Waals surface area contributed by atoms with Gasteiger partial charge in [0.2, 0.25) is 0 Å². The smallest absolute Gasteiger partial charge is 0.271 e. The fourth-order valence-corrected chi connectivity index (χ4v) is 2.11. The number of nitrogens with zero attached hydrogens (tertiary/aromatic N) is 2. The number of halogens is 2. The second kappa shape index (κ2) is 6.68. The Balaban J connectivity index is 1.95. The maximum atomic E-state index is 11.9. The van der Waals surface area contributed by atoms with Crippen LogP contribution in [0.1, 0.15) is 23.0 Å². The van der Waals surface area contributed by atoms with Gasteiger partial charge < -0.3 is 5.32 Å². The monoisotopic (exact) mass is 309 g/mol. The topological polar surface area (TPSA) is 54.9 Å². The predicted octanol–water partition coefficient (Wildman–Crippen LogP) is 3.14. The van der Waals surface area contributed by atoms with E-state index in [2.05, 4.69) is 15.3 Å². The fourth-order valence-electron chi connectivity index (χ4n) is 1.80. The van der Waals surface area contributed by atoms with Crippen LogP contribution < -0.4 is 5.32 Å². The Bertz CT molecular complexity index is 602. The van der Waals surface area contributed by atoms with Crippen molar-refractivity contribution in [3.05, 3.63) is 58.1 Å². The van der Waals surface area contributed by atoms with E-state index >= 15 is 0 Å². The maximum Gasteiger partial charge on any atom is 0.271 e. The summed E-state index contributed by atoms with van der Waals surface area (Å²) in [5.41, 5.74) is 1.31. The fraction of sp³-hybridized carbons (Fsp3) is 0.214. The third-order valence-corrected chi connectivity index (χ3v) is 3.09. The first-order valence-corrected chi connectivity index (χ1v) is 6.83. The predicted molar refractivity (Wildman–Crippen MR) is 79.1 cm³/mol. The van der Waals surface area contributed by atoms with Crippen LogP contribution >= 0.6 is 23.2 Å². The summed E-state index contributed by atoms with van der Waals surface area (Å²) in [6, 6.07) is 7.51. The molecule has 0 saturated heterocycles. The van der Waals surface area contributed by atoms with Gasteiger partial charge in [-0.3, -0.25) is 4.79 Å². The molecule has 1 N–H and O–H groups in total. The molecule has 0 saturated carbocycles. The van der Waals surface area contributed by atoms with Crippen LogP contribution in [-0.2, 0) is 6.42 Å². The second-order valence-corrected chi connectivity index (χ2v) is 5.26. The van der Waals surface area contributed by atoms with Crippen molar-refractivity contribution in [3.8, 4) is 0 Å². The molecule has 4 nitrogen and oxygen atoms in total. The number of nitrogens with one attached hydrogen (secondary N) is 1. The van der Waals surface area contributed by atoms with Gasteiger partial charge in [0.05, 0.1) is 12.4 Å². The van der Waals surface area contributed by atoms with Crippen LogP contribution in [0.4, 0.5) is 0 Å². The van der Waals surface area contributed by atoms with Crippen molar-refractivity contribution >= 4 is 29.1 Å². The van der Waals surface area contributed by atoms with E-state index < -0.39 is 0 Å². The quantitative estimate of drug-likeness (QED) is 0.944. The Morgan fingerprint density at radius 2 is 2.10 bits per heavy atom. The van der Waals surface area contributed by atoms with Crippen LogP contribution in [-0.4, -0.2) is 21.9 Å². The van der Waals surface area contributed by atoms with Crippen molar-refractivity contribution in [2.45, 2.75) is 19.4 Å². The normalized spacial score (nSPS) is 11.9. The Labute approximate surface area is 127 Å². The van der Waals surface area contributed by atoms with Gasteiger partial charge in [0.15, 0.2) is 0 Å². The summed E-state index contributed by atoms with van der Waals surface area (Å²) < 4.78 is 0. The molecule has 0 radical (unpaired) electrons. The SMILES string of the molecule is CC(Cc1cccc(Cl)c1)NC(=O)c1cnc(Cl)cn1. The van der Waals surface area contributed by atoms with Gasteiger partial charge in [-0.2, -0.15) is 0 Å². The first kappa shape index (κ1) is 14.8. The lowest BCUT2D eigenvalue weighted by Crippen LogP contribution is -2.34. The number of amides is 1. The number of carbonyl (C=O) groups is 1. The highest BCUT2D eigenvalue weighted by Crippen LogP contribution is 2.12. The van der Waals surface area contributed by atoms with Crippen molar-refractivity contribution in [2.75, 3.05) is 0 Å². The number of hydrogen-bond acceptors (Lipinski definition) is 3. The molecule has 1 amide bonds. The lowest BCUT2D eigenvalue weighted by Gasteiger charge is -2.13. The second-order valence-electron chi connectivity index (χ2n) is 4.43. The molecule has 0 fully saturated rings. The van der Waals surface area contributed by atoms with Crippen molar-refractivity contribution in [2.24, 2.45) is 0 Å². The van der Waals surface area contributed by atoms with Crippen molar-refractivity contribution < 1.29 is 4.79 Å². The van der Waals surface area contributed by atoms with Gasteiger partial charge in [0.25, 0.3) is 5.91 Å². The Morgan fingerprint density at radius 1 is 1.30 bits per heavy atom. The lowest BCUT2D eigenvalue weighted by atomic mass is 10.1. The third kappa shape index (κ3) is 4.18. The minimum atomic E-state index is -0.274. The number of hydrogen-bond donors (Lipinski definition) is 1. The van der Waals surface area contributed by atoms with Crippen molar-refractivity contribution in [1.29, 1.82) is 0 Å². The summed E-state index contributed by atoms with van der Waals surface area (Å²) in [4.78, 5) is 19.7. The van der Waals surface area contributed by atoms with Crippen LogP contribution in [0.2, 0.25) is 10.2 Å². The van der Waals surface area contributed by atoms with Gasteiger partial charge in [-0.1, -0.05) is 35.3 Å². The Kier molecular flexibility index (Phi) is 4.93. The van der Waals surface area contributed by atoms with E-state index in [0.29, 0.717) is 11.4 Å². The van der Waals surface area contributed by atoms with Crippen LogP contribution in [0.25, 0.3) is 0 Å². The Morgan fingerprint density at radius 3 is 2.75 bits per heavy atom. The summed E-state index contributed by atoms with van der Waals surface area (Å²) in [6.45, 7) is 1.92. The van der Waals surface area contributed by atoms with Crippen LogP contribution in [0, 0.1) is 0 Å². The van der Waals surface area contributed by atoms with E-state index in [1.54, 1.807) is 0 Å². The highest BCUT2D eigenvalue weighted by molar-refractivity contribution is 6.30. The molecule has 0 aliphatic rings. The number of rotatable bonds is 4. The molecule has 1 atom stereocenters. The number of aromatic nitrogens is 2. The highest BCUT2D eigenvalue weighted by atomic mass is 35.5. The molecule has 0 bridgehead atoms.